The van der Waals surface area contributed by atoms with Gasteiger partial charge in [-0.1, -0.05) is 29.5 Å². The van der Waals surface area contributed by atoms with Crippen LogP contribution in [0, 0.1) is 6.92 Å². The molecule has 2 heterocycles. The molecule has 0 aliphatic heterocycles. The summed E-state index contributed by atoms with van der Waals surface area (Å²) in [5, 5.41) is 15.3. The molecule has 0 radical (unpaired) electrons. The number of hydrogen-bond acceptors (Lipinski definition) is 6. The van der Waals surface area contributed by atoms with E-state index in [1.165, 1.54) is 5.56 Å². The molecule has 3 rings (SSSR count). The number of hydrogen-bond donors (Lipinski definition) is 1. The van der Waals surface area contributed by atoms with Gasteiger partial charge in [-0.25, -0.2) is 4.98 Å². The summed E-state index contributed by atoms with van der Waals surface area (Å²) in [4.78, 5) is 4.61. The van der Waals surface area contributed by atoms with Gasteiger partial charge < -0.3 is 9.88 Å². The summed E-state index contributed by atoms with van der Waals surface area (Å²) in [6.45, 7) is 5.05. The third-order valence-corrected chi connectivity index (χ3v) is 4.95. The third-order valence-electron chi connectivity index (χ3n) is 3.12. The molecule has 0 aliphatic rings. The molecule has 0 aliphatic carbocycles. The molecule has 2 aromatic heterocycles. The smallest absolute Gasteiger partial charge is 0.191 e. The molecule has 0 atom stereocenters. The van der Waals surface area contributed by atoms with Gasteiger partial charge in [0.2, 0.25) is 0 Å². The predicted octanol–water partition coefficient (Wildman–Crippen LogP) is 4.10. The first kappa shape index (κ1) is 15.1. The van der Waals surface area contributed by atoms with E-state index in [9.17, 15) is 0 Å². The van der Waals surface area contributed by atoms with Crippen molar-refractivity contribution >= 4 is 33.9 Å². The molecule has 0 saturated carbocycles. The molecule has 1 aromatic carbocycles. The van der Waals surface area contributed by atoms with Gasteiger partial charge in [-0.05, 0) is 26.0 Å². The molecule has 0 bridgehead atoms. The fraction of sp³-hybridized carbons (Fsp3) is 0.267. The molecular weight excluding hydrogens is 314 g/mol. The van der Waals surface area contributed by atoms with E-state index in [-0.39, 0.29) is 0 Å². The fourth-order valence-electron chi connectivity index (χ4n) is 1.90. The number of thioether (sulfide) groups is 1. The number of nitrogens with one attached hydrogen (secondary N) is 1. The van der Waals surface area contributed by atoms with Gasteiger partial charge in [0.05, 0.1) is 5.69 Å². The van der Waals surface area contributed by atoms with Crippen LogP contribution < -0.4 is 5.32 Å². The van der Waals surface area contributed by atoms with Crippen molar-refractivity contribution in [2.75, 3.05) is 5.32 Å². The standard InChI is InChI=1S/C15H17N5S2/c1-3-20-10-16-19-15(20)22-9-13-8-21-14(18-13)17-12-6-4-11(2)5-7-12/h4-8,10H,3,9H2,1-2H3,(H,17,18). The molecule has 3 aromatic rings. The van der Waals surface area contributed by atoms with E-state index in [4.69, 9.17) is 0 Å². The zero-order valence-electron chi connectivity index (χ0n) is 12.5. The van der Waals surface area contributed by atoms with Crippen LogP contribution >= 0.6 is 23.1 Å². The molecule has 1 N–H and O–H groups in total. The summed E-state index contributed by atoms with van der Waals surface area (Å²) in [5.74, 6) is 0.796. The second-order valence-corrected chi connectivity index (χ2v) is 6.62. The average Bonchev–Trinajstić information content (AvgIpc) is 3.16. The Morgan fingerprint density at radius 1 is 1.27 bits per heavy atom. The van der Waals surface area contributed by atoms with Crippen LogP contribution in [0.4, 0.5) is 10.8 Å². The summed E-state index contributed by atoms with van der Waals surface area (Å²) < 4.78 is 2.03. The van der Waals surface area contributed by atoms with Gasteiger partial charge in [-0.3, -0.25) is 0 Å². The molecular formula is C15H17N5S2. The molecule has 7 heteroatoms. The zero-order valence-corrected chi connectivity index (χ0v) is 14.1. The number of rotatable bonds is 6. The van der Waals surface area contributed by atoms with E-state index in [1.807, 2.05) is 4.57 Å². The molecule has 0 unspecified atom stereocenters. The summed E-state index contributed by atoms with van der Waals surface area (Å²) in [5.41, 5.74) is 3.36. The van der Waals surface area contributed by atoms with Crippen molar-refractivity contribution in [2.24, 2.45) is 0 Å². The van der Waals surface area contributed by atoms with Crippen LogP contribution in [0.15, 0.2) is 41.1 Å². The lowest BCUT2D eigenvalue weighted by Gasteiger charge is -2.02. The van der Waals surface area contributed by atoms with Gasteiger partial charge in [-0.2, -0.15) is 0 Å². The number of anilines is 2. The van der Waals surface area contributed by atoms with Gasteiger partial charge >= 0.3 is 0 Å². The first-order chi connectivity index (χ1) is 10.7. The number of thiazole rings is 1. The number of aryl methyl sites for hydroxylation is 2. The average molecular weight is 331 g/mol. The Morgan fingerprint density at radius 2 is 2.09 bits per heavy atom. The largest absolute Gasteiger partial charge is 0.332 e. The molecule has 22 heavy (non-hydrogen) atoms. The van der Waals surface area contributed by atoms with Crippen LogP contribution in [0.1, 0.15) is 18.2 Å². The van der Waals surface area contributed by atoms with E-state index in [2.05, 4.69) is 64.0 Å². The van der Waals surface area contributed by atoms with E-state index >= 15 is 0 Å². The summed E-state index contributed by atoms with van der Waals surface area (Å²) in [6, 6.07) is 8.30. The van der Waals surface area contributed by atoms with Crippen molar-refractivity contribution in [3.63, 3.8) is 0 Å². The quantitative estimate of drug-likeness (QED) is 0.689. The Balaban J connectivity index is 1.60. The Labute approximate surface area is 137 Å². The monoisotopic (exact) mass is 331 g/mol. The Bertz CT molecular complexity index is 732. The summed E-state index contributed by atoms with van der Waals surface area (Å²) in [6.07, 6.45) is 1.76. The predicted molar refractivity (Wildman–Crippen MR) is 91.8 cm³/mol. The van der Waals surface area contributed by atoms with Crippen molar-refractivity contribution in [1.82, 2.24) is 19.7 Å². The lowest BCUT2D eigenvalue weighted by atomic mass is 10.2. The lowest BCUT2D eigenvalue weighted by molar-refractivity contribution is 0.681. The van der Waals surface area contributed by atoms with Crippen LogP contribution in [-0.2, 0) is 12.3 Å². The normalized spacial score (nSPS) is 10.8. The Hall–Kier alpha value is -1.86. The second kappa shape index (κ2) is 6.93. The van der Waals surface area contributed by atoms with Crippen molar-refractivity contribution in [3.8, 4) is 0 Å². The van der Waals surface area contributed by atoms with Gasteiger partial charge in [0.15, 0.2) is 10.3 Å². The van der Waals surface area contributed by atoms with E-state index < -0.39 is 0 Å². The van der Waals surface area contributed by atoms with Gasteiger partial charge in [-0.15, -0.1) is 21.5 Å². The maximum atomic E-state index is 4.61. The topological polar surface area (TPSA) is 55.6 Å². The highest BCUT2D eigenvalue weighted by Crippen LogP contribution is 2.25. The highest BCUT2D eigenvalue weighted by Gasteiger charge is 2.07. The van der Waals surface area contributed by atoms with E-state index in [0.717, 1.165) is 34.0 Å². The van der Waals surface area contributed by atoms with Crippen LogP contribution in [0.3, 0.4) is 0 Å². The van der Waals surface area contributed by atoms with Crippen molar-refractivity contribution in [1.29, 1.82) is 0 Å². The molecule has 0 amide bonds. The van der Waals surface area contributed by atoms with E-state index in [1.54, 1.807) is 29.4 Å². The minimum absolute atomic E-state index is 0.796. The van der Waals surface area contributed by atoms with Crippen molar-refractivity contribution in [3.05, 3.63) is 47.2 Å². The summed E-state index contributed by atoms with van der Waals surface area (Å²) in [7, 11) is 0. The van der Waals surface area contributed by atoms with Gasteiger partial charge in [0.1, 0.15) is 6.33 Å². The first-order valence-corrected chi connectivity index (χ1v) is 8.90. The van der Waals surface area contributed by atoms with Crippen molar-refractivity contribution < 1.29 is 0 Å². The van der Waals surface area contributed by atoms with Crippen LogP contribution in [0.5, 0.6) is 0 Å². The fourth-order valence-corrected chi connectivity index (χ4v) is 3.61. The van der Waals surface area contributed by atoms with E-state index in [0.29, 0.717) is 0 Å². The Kier molecular flexibility index (Phi) is 4.74. The highest BCUT2D eigenvalue weighted by molar-refractivity contribution is 7.98. The van der Waals surface area contributed by atoms with Crippen LogP contribution in [-0.4, -0.2) is 19.7 Å². The molecule has 5 nitrogen and oxygen atoms in total. The molecule has 114 valence electrons. The SMILES string of the molecule is CCn1cnnc1SCc1csc(Nc2ccc(C)cc2)n1. The Morgan fingerprint density at radius 3 is 2.86 bits per heavy atom. The number of benzene rings is 1. The minimum Gasteiger partial charge on any atom is -0.332 e. The second-order valence-electron chi connectivity index (χ2n) is 4.82. The molecule has 0 fully saturated rings. The third kappa shape index (κ3) is 3.66. The number of nitrogens with zero attached hydrogens (tertiary/aromatic N) is 4. The van der Waals surface area contributed by atoms with Gasteiger partial charge in [0.25, 0.3) is 0 Å². The lowest BCUT2D eigenvalue weighted by Crippen LogP contribution is -1.95. The van der Waals surface area contributed by atoms with Crippen LogP contribution in [0.25, 0.3) is 0 Å². The zero-order chi connectivity index (χ0) is 15.4. The van der Waals surface area contributed by atoms with Crippen LogP contribution in [0.2, 0.25) is 0 Å². The maximum absolute atomic E-state index is 4.61. The number of aromatic nitrogens is 4. The maximum Gasteiger partial charge on any atom is 0.191 e. The highest BCUT2D eigenvalue weighted by atomic mass is 32.2. The summed E-state index contributed by atoms with van der Waals surface area (Å²) >= 11 is 3.28. The van der Waals surface area contributed by atoms with Gasteiger partial charge in [0, 0.05) is 23.4 Å². The minimum atomic E-state index is 0.796. The first-order valence-electron chi connectivity index (χ1n) is 7.03. The molecule has 0 saturated heterocycles. The van der Waals surface area contributed by atoms with Crippen molar-refractivity contribution in [2.45, 2.75) is 31.3 Å². The molecule has 0 spiro atoms.